The second kappa shape index (κ2) is 11.3. The van der Waals surface area contributed by atoms with Crippen molar-refractivity contribution in [2.24, 2.45) is 5.73 Å². The van der Waals surface area contributed by atoms with Crippen LogP contribution in [0.25, 0.3) is 0 Å². The van der Waals surface area contributed by atoms with E-state index in [1.807, 2.05) is 0 Å². The van der Waals surface area contributed by atoms with Crippen LogP contribution in [-0.2, 0) is 19.2 Å². The van der Waals surface area contributed by atoms with Gasteiger partial charge in [-0.3, -0.25) is 14.4 Å². The first kappa shape index (κ1) is 21.8. The molecule has 3 atom stereocenters. The number of hydrogen-bond acceptors (Lipinski definition) is 7. The van der Waals surface area contributed by atoms with E-state index in [4.69, 9.17) is 15.9 Å². The van der Waals surface area contributed by atoms with Crippen LogP contribution in [0.3, 0.4) is 0 Å². The van der Waals surface area contributed by atoms with Gasteiger partial charge in [-0.1, -0.05) is 0 Å². The van der Waals surface area contributed by atoms with Gasteiger partial charge in [-0.2, -0.15) is 0 Å². The third kappa shape index (κ3) is 7.85. The molecule has 0 aromatic carbocycles. The van der Waals surface area contributed by atoms with E-state index in [-0.39, 0.29) is 25.9 Å². The zero-order chi connectivity index (χ0) is 18.7. The average molecular weight is 347 g/mol. The number of amides is 2. The molecule has 0 aromatic rings. The molecule has 24 heavy (non-hydrogen) atoms. The third-order valence-corrected chi connectivity index (χ3v) is 3.31. The number of hydrogen-bond donors (Lipinski definition) is 7. The molecule has 0 aliphatic rings. The number of nitrogens with two attached hydrogens (primary N) is 1. The summed E-state index contributed by atoms with van der Waals surface area (Å²) in [4.78, 5) is 45.5. The molecule has 138 valence electrons. The van der Waals surface area contributed by atoms with Crippen molar-refractivity contribution in [1.82, 2.24) is 21.3 Å². The van der Waals surface area contributed by atoms with Crippen LogP contribution in [0.15, 0.2) is 0 Å². The van der Waals surface area contributed by atoms with Gasteiger partial charge in [0.25, 0.3) is 0 Å². The molecule has 0 aliphatic heterocycles. The van der Waals surface area contributed by atoms with Crippen LogP contribution in [-0.4, -0.2) is 79.3 Å². The lowest BCUT2D eigenvalue weighted by atomic mass is 10.1. The van der Waals surface area contributed by atoms with Crippen LogP contribution < -0.4 is 27.0 Å². The minimum atomic E-state index is -1.35. The predicted molar refractivity (Wildman–Crippen MR) is 84.2 cm³/mol. The Balaban J connectivity index is 4.66. The van der Waals surface area contributed by atoms with Crippen LogP contribution in [0.1, 0.15) is 12.8 Å². The van der Waals surface area contributed by atoms with Crippen molar-refractivity contribution in [2.75, 3.05) is 27.2 Å². The topological polar surface area (TPSA) is 183 Å². The molecule has 0 radical (unpaired) electrons. The van der Waals surface area contributed by atoms with Gasteiger partial charge in [0.1, 0.15) is 6.04 Å². The highest BCUT2D eigenvalue weighted by Gasteiger charge is 2.26. The fourth-order valence-electron chi connectivity index (χ4n) is 1.83. The van der Waals surface area contributed by atoms with Gasteiger partial charge >= 0.3 is 11.9 Å². The van der Waals surface area contributed by atoms with E-state index in [1.54, 1.807) is 0 Å². The molecule has 2 amide bonds. The fourth-order valence-corrected chi connectivity index (χ4v) is 1.83. The van der Waals surface area contributed by atoms with Gasteiger partial charge in [0.2, 0.25) is 11.8 Å². The van der Waals surface area contributed by atoms with Crippen LogP contribution in [0.4, 0.5) is 0 Å². The molecule has 0 rings (SSSR count). The van der Waals surface area contributed by atoms with E-state index >= 15 is 0 Å². The smallest absolute Gasteiger partial charge is 0.328 e. The maximum absolute atomic E-state index is 12.0. The van der Waals surface area contributed by atoms with Crippen molar-refractivity contribution < 1.29 is 29.4 Å². The number of aliphatic carboxylic acids is 2. The molecular weight excluding hydrogens is 322 g/mol. The monoisotopic (exact) mass is 347 g/mol. The molecule has 0 bridgehead atoms. The fraction of sp³-hybridized carbons (Fsp3) is 0.692. The molecule has 0 spiro atoms. The standard InChI is InChI=1S/C13H25N5O6/c1-15-7(3-4-10(19)20)12(22)18-9(13(23)24)6-17-11(21)8(5-14)16-2/h7-9,15-16H,3-6,14H2,1-2H3,(H,17,21)(H,18,22)(H,19,20)(H,23,24). The molecule has 8 N–H and O–H groups in total. The summed E-state index contributed by atoms with van der Waals surface area (Å²) in [5, 5.41) is 27.7. The highest BCUT2D eigenvalue weighted by molar-refractivity contribution is 5.88. The van der Waals surface area contributed by atoms with Gasteiger partial charge in [-0.15, -0.1) is 0 Å². The minimum Gasteiger partial charge on any atom is -0.481 e. The van der Waals surface area contributed by atoms with Crippen LogP contribution in [0.2, 0.25) is 0 Å². The SMILES string of the molecule is CNC(CN)C(=O)NCC(NC(=O)C(CCC(=O)O)NC)C(=O)O. The van der Waals surface area contributed by atoms with Gasteiger partial charge in [0.15, 0.2) is 0 Å². The molecule has 3 unspecified atom stereocenters. The highest BCUT2D eigenvalue weighted by atomic mass is 16.4. The predicted octanol–water partition coefficient (Wildman–Crippen LogP) is -3.33. The first-order valence-corrected chi connectivity index (χ1v) is 7.34. The molecule has 0 fully saturated rings. The van der Waals surface area contributed by atoms with Crippen molar-refractivity contribution in [3.05, 3.63) is 0 Å². The molecule has 0 aromatic heterocycles. The van der Waals surface area contributed by atoms with Gasteiger partial charge in [-0.25, -0.2) is 4.79 Å². The molecule has 0 heterocycles. The quantitative estimate of drug-likeness (QED) is 0.190. The number of carboxylic acids is 2. The lowest BCUT2D eigenvalue weighted by Crippen LogP contribution is -2.55. The lowest BCUT2D eigenvalue weighted by molar-refractivity contribution is -0.142. The summed E-state index contributed by atoms with van der Waals surface area (Å²) in [5.74, 6) is -3.54. The summed E-state index contributed by atoms with van der Waals surface area (Å²) < 4.78 is 0. The second-order valence-electron chi connectivity index (χ2n) is 5.00. The van der Waals surface area contributed by atoms with Crippen LogP contribution >= 0.6 is 0 Å². The normalized spacial score (nSPS) is 14.3. The zero-order valence-electron chi connectivity index (χ0n) is 13.7. The van der Waals surface area contributed by atoms with Gasteiger partial charge < -0.3 is 37.2 Å². The molecule has 0 aliphatic carbocycles. The van der Waals surface area contributed by atoms with Crippen molar-refractivity contribution in [1.29, 1.82) is 0 Å². The zero-order valence-corrected chi connectivity index (χ0v) is 13.7. The number of rotatable bonds is 12. The highest BCUT2D eigenvalue weighted by Crippen LogP contribution is 1.98. The Bertz CT molecular complexity index is 454. The Labute approximate surface area is 139 Å². The number of carbonyl (C=O) groups excluding carboxylic acids is 2. The molecule has 0 saturated heterocycles. The first-order chi connectivity index (χ1) is 11.3. The van der Waals surface area contributed by atoms with E-state index in [0.29, 0.717) is 0 Å². The maximum atomic E-state index is 12.0. The Hall–Kier alpha value is -2.24. The third-order valence-electron chi connectivity index (χ3n) is 3.31. The largest absolute Gasteiger partial charge is 0.481 e. The number of likely N-dealkylation sites (N-methyl/N-ethyl adjacent to an activating group) is 2. The molecule has 0 saturated carbocycles. The van der Waals surface area contributed by atoms with Gasteiger partial charge in [-0.05, 0) is 20.5 Å². The maximum Gasteiger partial charge on any atom is 0.328 e. The van der Waals surface area contributed by atoms with E-state index < -0.39 is 41.9 Å². The molecule has 11 nitrogen and oxygen atoms in total. The molecular formula is C13H25N5O6. The van der Waals surface area contributed by atoms with E-state index in [1.165, 1.54) is 14.1 Å². The van der Waals surface area contributed by atoms with E-state index in [0.717, 1.165) is 0 Å². The van der Waals surface area contributed by atoms with Crippen molar-refractivity contribution in [3.63, 3.8) is 0 Å². The Morgan fingerprint density at radius 2 is 1.54 bits per heavy atom. The van der Waals surface area contributed by atoms with Crippen molar-refractivity contribution >= 4 is 23.8 Å². The summed E-state index contributed by atoms with van der Waals surface area (Å²) >= 11 is 0. The average Bonchev–Trinajstić information content (AvgIpc) is 2.52. The summed E-state index contributed by atoms with van der Waals surface area (Å²) in [6.07, 6.45) is -0.237. The van der Waals surface area contributed by atoms with E-state index in [9.17, 15) is 19.2 Å². The Morgan fingerprint density at radius 1 is 0.958 bits per heavy atom. The van der Waals surface area contributed by atoms with E-state index in [2.05, 4.69) is 21.3 Å². The number of carboxylic acid groups (broad SMARTS) is 2. The summed E-state index contributed by atoms with van der Waals surface area (Å²) in [7, 11) is 3.00. The summed E-state index contributed by atoms with van der Waals surface area (Å²) in [5.41, 5.74) is 5.38. The van der Waals surface area contributed by atoms with Crippen molar-refractivity contribution in [3.8, 4) is 0 Å². The minimum absolute atomic E-state index is 0.00532. The lowest BCUT2D eigenvalue weighted by Gasteiger charge is -2.21. The summed E-state index contributed by atoms with van der Waals surface area (Å²) in [6.45, 7) is -0.295. The second-order valence-corrected chi connectivity index (χ2v) is 5.00. The van der Waals surface area contributed by atoms with Gasteiger partial charge in [0, 0.05) is 19.5 Å². The number of carbonyl (C=O) groups is 4. The first-order valence-electron chi connectivity index (χ1n) is 7.34. The van der Waals surface area contributed by atoms with Crippen LogP contribution in [0, 0.1) is 0 Å². The Morgan fingerprint density at radius 3 is 1.96 bits per heavy atom. The van der Waals surface area contributed by atoms with Gasteiger partial charge in [0.05, 0.1) is 12.1 Å². The molecule has 11 heteroatoms. The van der Waals surface area contributed by atoms with Crippen molar-refractivity contribution in [2.45, 2.75) is 31.0 Å². The summed E-state index contributed by atoms with van der Waals surface area (Å²) in [6, 6.07) is -2.87. The number of nitrogens with one attached hydrogen (secondary N) is 4. The Kier molecular flexibility index (Phi) is 10.3. The van der Waals surface area contributed by atoms with Crippen LogP contribution in [0.5, 0.6) is 0 Å².